The van der Waals surface area contributed by atoms with E-state index in [1.54, 1.807) is 7.11 Å². The number of rotatable bonds is 8. The lowest BCUT2D eigenvalue weighted by Crippen LogP contribution is -2.06. The van der Waals surface area contributed by atoms with Crippen molar-refractivity contribution in [2.45, 2.75) is 13.8 Å². The van der Waals surface area contributed by atoms with Crippen molar-refractivity contribution in [2.75, 3.05) is 33.5 Å². The zero-order chi connectivity index (χ0) is 20.3. The summed E-state index contributed by atoms with van der Waals surface area (Å²) in [5, 5.41) is 6.89. The lowest BCUT2D eigenvalue weighted by Gasteiger charge is -2.07. The molecule has 2 rings (SSSR count). The van der Waals surface area contributed by atoms with Gasteiger partial charge in [-0.25, -0.2) is 0 Å². The minimum Gasteiger partial charge on any atom is -0.491 e. The highest BCUT2D eigenvalue weighted by molar-refractivity contribution is 5.76. The monoisotopic (exact) mass is 376 g/mol. The topological polar surface area (TPSA) is 82.1 Å². The Hall–Kier alpha value is -2.70. The molecule has 0 unspecified atom stereocenters. The van der Waals surface area contributed by atoms with Gasteiger partial charge in [0.15, 0.2) is 0 Å². The molecule has 0 aliphatic carbocycles. The van der Waals surface area contributed by atoms with Gasteiger partial charge in [0.25, 0.3) is 6.47 Å². The van der Waals surface area contributed by atoms with Crippen LogP contribution in [-0.4, -0.2) is 51.4 Å². The fraction of sp³-hybridized carbons (Fsp3) is 0.333. The molecule has 0 aliphatic rings. The number of aldehydes is 1. The maximum absolute atomic E-state index is 10.6. The van der Waals surface area contributed by atoms with Crippen LogP contribution in [0.1, 0.15) is 24.2 Å². The van der Waals surface area contributed by atoms with Gasteiger partial charge in [0.1, 0.15) is 18.6 Å². The standard InChI is InChI=1S/C17H18O3.C3H8O.CH2O2/c1-2-19-11-12-20-17-9-7-16(8-10-17)15-5-3-14(13-18)4-6-15;1-3-4-2;2-1-3/h3-10,13H,2,11-12H2,1H3;3H2,1-2H3;1H,(H,2,3). The minimum absolute atomic E-state index is 0.250. The molecule has 0 spiro atoms. The first-order valence-corrected chi connectivity index (χ1v) is 8.59. The molecule has 0 atom stereocenters. The van der Waals surface area contributed by atoms with Gasteiger partial charge >= 0.3 is 0 Å². The Bertz CT molecular complexity index is 606. The number of carbonyl (C=O) groups excluding carboxylic acids is 1. The molecule has 0 heterocycles. The highest BCUT2D eigenvalue weighted by Gasteiger charge is 1.99. The predicted molar refractivity (Wildman–Crippen MR) is 105 cm³/mol. The van der Waals surface area contributed by atoms with Gasteiger partial charge in [-0.05, 0) is 37.1 Å². The van der Waals surface area contributed by atoms with E-state index in [1.807, 2.05) is 62.4 Å². The smallest absolute Gasteiger partial charge is 0.290 e. The SMILES string of the molecule is CCOC.CCOCCOc1ccc(-c2ccc(C=O)cc2)cc1.O=CO. The number of carbonyl (C=O) groups is 2. The molecule has 0 aliphatic heterocycles. The molecular formula is C21H28O6. The zero-order valence-electron chi connectivity index (χ0n) is 16.1. The second-order valence-corrected chi connectivity index (χ2v) is 4.99. The molecule has 0 saturated heterocycles. The van der Waals surface area contributed by atoms with E-state index < -0.39 is 0 Å². The van der Waals surface area contributed by atoms with Gasteiger partial charge in [0, 0.05) is 25.9 Å². The average molecular weight is 376 g/mol. The zero-order valence-corrected chi connectivity index (χ0v) is 16.1. The quantitative estimate of drug-likeness (QED) is 0.555. The Kier molecular flexibility index (Phi) is 15.1. The Labute approximate surface area is 160 Å². The van der Waals surface area contributed by atoms with E-state index in [0.29, 0.717) is 25.4 Å². The molecule has 148 valence electrons. The second-order valence-electron chi connectivity index (χ2n) is 4.99. The number of methoxy groups -OCH3 is 1. The largest absolute Gasteiger partial charge is 0.491 e. The van der Waals surface area contributed by atoms with Crippen LogP contribution in [0.3, 0.4) is 0 Å². The van der Waals surface area contributed by atoms with Gasteiger partial charge in [-0.1, -0.05) is 36.4 Å². The van der Waals surface area contributed by atoms with Crippen LogP contribution in [0.4, 0.5) is 0 Å². The number of hydrogen-bond acceptors (Lipinski definition) is 5. The van der Waals surface area contributed by atoms with E-state index in [2.05, 4.69) is 4.74 Å². The third-order valence-corrected chi connectivity index (χ3v) is 3.22. The number of carboxylic acid groups (broad SMARTS) is 1. The first-order valence-electron chi connectivity index (χ1n) is 8.59. The molecule has 0 amide bonds. The maximum atomic E-state index is 10.6. The Balaban J connectivity index is 0.000000836. The summed E-state index contributed by atoms with van der Waals surface area (Å²) in [7, 11) is 1.68. The molecule has 6 nitrogen and oxygen atoms in total. The molecule has 6 heteroatoms. The maximum Gasteiger partial charge on any atom is 0.290 e. The molecule has 2 aromatic carbocycles. The van der Waals surface area contributed by atoms with Gasteiger partial charge in [-0.3, -0.25) is 9.59 Å². The number of hydrogen-bond donors (Lipinski definition) is 1. The van der Waals surface area contributed by atoms with Crippen molar-refractivity contribution in [1.82, 2.24) is 0 Å². The summed E-state index contributed by atoms with van der Waals surface area (Å²) in [6.45, 7) is 6.36. The summed E-state index contributed by atoms with van der Waals surface area (Å²) >= 11 is 0. The van der Waals surface area contributed by atoms with Gasteiger partial charge in [0.2, 0.25) is 0 Å². The molecule has 2 aromatic rings. The summed E-state index contributed by atoms with van der Waals surface area (Å²) < 4.78 is 15.3. The van der Waals surface area contributed by atoms with Crippen LogP contribution < -0.4 is 4.74 Å². The molecule has 0 aromatic heterocycles. The first-order chi connectivity index (χ1) is 13.2. The third kappa shape index (κ3) is 11.5. The normalized spacial score (nSPS) is 9.15. The molecule has 0 fully saturated rings. The van der Waals surface area contributed by atoms with Crippen molar-refractivity contribution >= 4 is 12.8 Å². The molecule has 1 N–H and O–H groups in total. The van der Waals surface area contributed by atoms with E-state index in [1.165, 1.54) is 0 Å². The Morgan fingerprint density at radius 3 is 1.74 bits per heavy atom. The van der Waals surface area contributed by atoms with Gasteiger partial charge in [-0.2, -0.15) is 0 Å². The van der Waals surface area contributed by atoms with Crippen LogP contribution in [-0.2, 0) is 14.3 Å². The summed E-state index contributed by atoms with van der Waals surface area (Å²) in [5.41, 5.74) is 2.86. The van der Waals surface area contributed by atoms with E-state index in [-0.39, 0.29) is 6.47 Å². The fourth-order valence-corrected chi connectivity index (χ4v) is 1.86. The summed E-state index contributed by atoms with van der Waals surface area (Å²) in [6.07, 6.45) is 0.846. The summed E-state index contributed by atoms with van der Waals surface area (Å²) in [5.74, 6) is 0.831. The van der Waals surface area contributed by atoms with Crippen molar-refractivity contribution in [2.24, 2.45) is 0 Å². The lowest BCUT2D eigenvalue weighted by molar-refractivity contribution is -0.122. The Morgan fingerprint density at radius 1 is 0.852 bits per heavy atom. The third-order valence-electron chi connectivity index (χ3n) is 3.22. The number of benzene rings is 2. The van der Waals surface area contributed by atoms with E-state index >= 15 is 0 Å². The van der Waals surface area contributed by atoms with Crippen LogP contribution in [0.5, 0.6) is 5.75 Å². The summed E-state index contributed by atoms with van der Waals surface area (Å²) in [6, 6.07) is 15.4. The second kappa shape index (κ2) is 16.8. The van der Waals surface area contributed by atoms with Crippen molar-refractivity contribution in [1.29, 1.82) is 0 Å². The van der Waals surface area contributed by atoms with Crippen LogP contribution in [0.15, 0.2) is 48.5 Å². The molecule has 0 radical (unpaired) electrons. The van der Waals surface area contributed by atoms with Crippen LogP contribution in [0.2, 0.25) is 0 Å². The average Bonchev–Trinajstić information content (AvgIpc) is 2.72. The van der Waals surface area contributed by atoms with E-state index in [9.17, 15) is 4.79 Å². The predicted octanol–water partition coefficient (Wildman–Crippen LogP) is 3.93. The van der Waals surface area contributed by atoms with E-state index in [0.717, 1.165) is 29.8 Å². The van der Waals surface area contributed by atoms with Crippen molar-refractivity contribution in [3.63, 3.8) is 0 Å². The fourth-order valence-electron chi connectivity index (χ4n) is 1.86. The highest BCUT2D eigenvalue weighted by Crippen LogP contribution is 2.22. The van der Waals surface area contributed by atoms with Crippen LogP contribution in [0.25, 0.3) is 11.1 Å². The van der Waals surface area contributed by atoms with Crippen LogP contribution in [0, 0.1) is 0 Å². The van der Waals surface area contributed by atoms with Crippen LogP contribution >= 0.6 is 0 Å². The molecule has 0 bridgehead atoms. The molecular weight excluding hydrogens is 348 g/mol. The Morgan fingerprint density at radius 2 is 1.33 bits per heavy atom. The summed E-state index contributed by atoms with van der Waals surface area (Å²) in [4.78, 5) is 19.0. The molecule has 27 heavy (non-hydrogen) atoms. The minimum atomic E-state index is -0.250. The molecule has 0 saturated carbocycles. The van der Waals surface area contributed by atoms with Crippen molar-refractivity contribution in [3.8, 4) is 16.9 Å². The van der Waals surface area contributed by atoms with Gasteiger partial charge in [0.05, 0.1) is 6.61 Å². The van der Waals surface area contributed by atoms with Gasteiger partial charge < -0.3 is 19.3 Å². The van der Waals surface area contributed by atoms with Crippen molar-refractivity contribution < 1.29 is 28.9 Å². The van der Waals surface area contributed by atoms with E-state index in [4.69, 9.17) is 19.4 Å². The lowest BCUT2D eigenvalue weighted by atomic mass is 10.0. The highest BCUT2D eigenvalue weighted by atomic mass is 16.5. The van der Waals surface area contributed by atoms with Gasteiger partial charge in [-0.15, -0.1) is 0 Å². The van der Waals surface area contributed by atoms with Crippen molar-refractivity contribution in [3.05, 3.63) is 54.1 Å². The number of ether oxygens (including phenoxy) is 3. The first kappa shape index (κ1) is 24.3.